The lowest BCUT2D eigenvalue weighted by molar-refractivity contribution is -0.129. The Hall–Kier alpha value is -2.44. The van der Waals surface area contributed by atoms with Crippen molar-refractivity contribution < 1.29 is 19.4 Å². The minimum Gasteiger partial charge on any atom is -0.497 e. The predicted molar refractivity (Wildman–Crippen MR) is 86.1 cm³/mol. The van der Waals surface area contributed by atoms with Gasteiger partial charge in [0.05, 0.1) is 12.0 Å². The Morgan fingerprint density at radius 2 is 2.09 bits per heavy atom. The minimum atomic E-state index is -0.434. The fraction of sp³-hybridized carbons (Fsp3) is 0.125. The fourth-order valence-corrected chi connectivity index (χ4v) is 2.45. The summed E-state index contributed by atoms with van der Waals surface area (Å²) < 4.78 is 10.3. The summed E-state index contributed by atoms with van der Waals surface area (Å²) in [6.07, 6.45) is 1.69. The molecule has 1 aromatic carbocycles. The average Bonchev–Trinajstić information content (AvgIpc) is 3.20. The van der Waals surface area contributed by atoms with Crippen LogP contribution < -0.4 is 4.74 Å². The van der Waals surface area contributed by atoms with Gasteiger partial charge < -0.3 is 14.6 Å². The maximum absolute atomic E-state index is 11.8. The third-order valence-electron chi connectivity index (χ3n) is 2.75. The molecule has 1 aromatic heterocycles. The number of rotatable bonds is 3. The number of cyclic esters (lactones) is 1. The first-order chi connectivity index (χ1) is 10.8. The monoisotopic (exact) mass is 317 g/mol. The number of hydrogen-bond donors (Lipinski definition) is 1. The molecule has 0 spiro atoms. The number of esters is 1. The van der Waals surface area contributed by atoms with Gasteiger partial charge in [0.25, 0.3) is 0 Å². The number of carbonyl (C=O) groups excluding carboxylic acids is 1. The Morgan fingerprint density at radius 1 is 1.27 bits per heavy atom. The van der Waals surface area contributed by atoms with Gasteiger partial charge in [-0.05, 0) is 35.2 Å². The van der Waals surface area contributed by atoms with Crippen LogP contribution in [0.4, 0.5) is 0 Å². The first-order valence-corrected chi connectivity index (χ1v) is 7.29. The second kappa shape index (κ2) is 7.53. The van der Waals surface area contributed by atoms with E-state index < -0.39 is 5.97 Å². The van der Waals surface area contributed by atoms with Crippen molar-refractivity contribution in [1.29, 1.82) is 0 Å². The molecule has 0 saturated carbocycles. The number of methoxy groups -OCH3 is 1. The number of aliphatic hydroxyl groups is 1. The molecule has 0 unspecified atom stereocenters. The summed E-state index contributed by atoms with van der Waals surface area (Å²) in [6.45, 7) is 0. The van der Waals surface area contributed by atoms with Crippen LogP contribution in [0.1, 0.15) is 10.4 Å². The average molecular weight is 317 g/mol. The third kappa shape index (κ3) is 3.60. The molecule has 0 fully saturated rings. The van der Waals surface area contributed by atoms with Gasteiger partial charge in [0.15, 0.2) is 5.70 Å². The Bertz CT molecular complexity index is 705. The number of aliphatic imine (C=N–C) groups is 1. The van der Waals surface area contributed by atoms with Crippen LogP contribution in [0.25, 0.3) is 6.08 Å². The number of hydrogen-bond acceptors (Lipinski definition) is 6. The van der Waals surface area contributed by atoms with Gasteiger partial charge in [0, 0.05) is 7.11 Å². The van der Waals surface area contributed by atoms with E-state index in [1.165, 1.54) is 11.3 Å². The van der Waals surface area contributed by atoms with Gasteiger partial charge in [0.2, 0.25) is 5.90 Å². The first kappa shape index (κ1) is 15.9. The number of thiophene rings is 1. The summed E-state index contributed by atoms with van der Waals surface area (Å²) in [4.78, 5) is 16.9. The second-order valence-electron chi connectivity index (χ2n) is 4.09. The highest BCUT2D eigenvalue weighted by Gasteiger charge is 2.24. The fourth-order valence-electron chi connectivity index (χ4n) is 1.80. The number of carbonyl (C=O) groups is 1. The molecule has 0 atom stereocenters. The van der Waals surface area contributed by atoms with Crippen LogP contribution in [0.3, 0.4) is 0 Å². The molecule has 5 nitrogen and oxygen atoms in total. The van der Waals surface area contributed by atoms with Gasteiger partial charge in [-0.25, -0.2) is 9.79 Å². The smallest absolute Gasteiger partial charge is 0.363 e. The van der Waals surface area contributed by atoms with Crippen molar-refractivity contribution in [3.05, 3.63) is 57.9 Å². The molecule has 114 valence electrons. The van der Waals surface area contributed by atoms with Gasteiger partial charge in [-0.2, -0.15) is 0 Å². The quantitative estimate of drug-likeness (QED) is 0.698. The molecule has 6 heteroatoms. The van der Waals surface area contributed by atoms with E-state index in [1.54, 1.807) is 13.2 Å². The molecule has 2 aromatic rings. The SMILES string of the molecule is CO.COc1cccc(/C=C2/N=C(c3cccs3)OC2=O)c1. The molecule has 0 bridgehead atoms. The van der Waals surface area contributed by atoms with Crippen molar-refractivity contribution in [2.75, 3.05) is 14.2 Å². The van der Waals surface area contributed by atoms with Crippen molar-refractivity contribution in [3.8, 4) is 5.75 Å². The topological polar surface area (TPSA) is 68.1 Å². The highest BCUT2D eigenvalue weighted by Crippen LogP contribution is 2.22. The van der Waals surface area contributed by atoms with Crippen LogP contribution in [-0.2, 0) is 9.53 Å². The third-order valence-corrected chi connectivity index (χ3v) is 3.61. The molecule has 3 rings (SSSR count). The number of nitrogens with zero attached hydrogens (tertiary/aromatic N) is 1. The van der Waals surface area contributed by atoms with Crippen LogP contribution in [0, 0.1) is 0 Å². The van der Waals surface area contributed by atoms with E-state index in [-0.39, 0.29) is 0 Å². The normalized spacial score (nSPS) is 15.0. The van der Waals surface area contributed by atoms with E-state index in [0.29, 0.717) is 11.6 Å². The minimum absolute atomic E-state index is 0.293. The van der Waals surface area contributed by atoms with Gasteiger partial charge in [0.1, 0.15) is 5.75 Å². The molecule has 1 N–H and O–H groups in total. The highest BCUT2D eigenvalue weighted by atomic mass is 32.1. The van der Waals surface area contributed by atoms with E-state index in [9.17, 15) is 4.79 Å². The number of aliphatic hydroxyl groups excluding tert-OH is 1. The molecular formula is C16H15NO4S. The Balaban J connectivity index is 0.000000847. The molecule has 2 heterocycles. The summed E-state index contributed by atoms with van der Waals surface area (Å²) in [5, 5.41) is 8.91. The zero-order chi connectivity index (χ0) is 15.9. The molecule has 1 aliphatic heterocycles. The van der Waals surface area contributed by atoms with E-state index in [0.717, 1.165) is 23.3 Å². The van der Waals surface area contributed by atoms with Crippen LogP contribution in [0.15, 0.2) is 52.5 Å². The standard InChI is InChI=1S/C15H11NO3S.CH4O/c1-18-11-5-2-4-10(8-11)9-12-15(17)19-14(16-12)13-6-3-7-20-13;1-2/h2-9H,1H3;2H,1H3/b12-9+;. The summed E-state index contributed by atoms with van der Waals surface area (Å²) >= 11 is 1.48. The lowest BCUT2D eigenvalue weighted by atomic mass is 10.2. The Labute approximate surface area is 132 Å². The Morgan fingerprint density at radius 3 is 2.77 bits per heavy atom. The summed E-state index contributed by atoms with van der Waals surface area (Å²) in [6, 6.07) is 11.2. The van der Waals surface area contributed by atoms with E-state index in [2.05, 4.69) is 4.99 Å². The molecule has 0 saturated heterocycles. The second-order valence-corrected chi connectivity index (χ2v) is 5.04. The van der Waals surface area contributed by atoms with Gasteiger partial charge in [-0.3, -0.25) is 0 Å². The van der Waals surface area contributed by atoms with Gasteiger partial charge in [-0.1, -0.05) is 18.2 Å². The van der Waals surface area contributed by atoms with Crippen molar-refractivity contribution >= 4 is 29.3 Å². The van der Waals surface area contributed by atoms with Crippen molar-refractivity contribution in [2.24, 2.45) is 4.99 Å². The van der Waals surface area contributed by atoms with Gasteiger partial charge in [-0.15, -0.1) is 11.3 Å². The lowest BCUT2D eigenvalue weighted by Gasteiger charge is -2.00. The molecule has 0 radical (unpaired) electrons. The van der Waals surface area contributed by atoms with Crippen molar-refractivity contribution in [2.45, 2.75) is 0 Å². The maximum Gasteiger partial charge on any atom is 0.363 e. The number of ether oxygens (including phenoxy) is 2. The molecule has 0 aliphatic carbocycles. The zero-order valence-corrected chi connectivity index (χ0v) is 13.0. The van der Waals surface area contributed by atoms with Gasteiger partial charge >= 0.3 is 5.97 Å². The molecule has 0 amide bonds. The molecule has 1 aliphatic rings. The molecule has 22 heavy (non-hydrogen) atoms. The lowest BCUT2D eigenvalue weighted by Crippen LogP contribution is -2.03. The Kier molecular flexibility index (Phi) is 5.46. The van der Waals surface area contributed by atoms with Crippen LogP contribution in [-0.4, -0.2) is 31.2 Å². The first-order valence-electron chi connectivity index (χ1n) is 6.41. The summed E-state index contributed by atoms with van der Waals surface area (Å²) in [7, 11) is 2.60. The van der Waals surface area contributed by atoms with Crippen LogP contribution in [0.2, 0.25) is 0 Å². The summed E-state index contributed by atoms with van der Waals surface area (Å²) in [5.74, 6) is 0.656. The van der Waals surface area contributed by atoms with E-state index in [4.69, 9.17) is 14.6 Å². The van der Waals surface area contributed by atoms with E-state index >= 15 is 0 Å². The van der Waals surface area contributed by atoms with Crippen LogP contribution in [0.5, 0.6) is 5.75 Å². The van der Waals surface area contributed by atoms with Crippen molar-refractivity contribution in [1.82, 2.24) is 0 Å². The van der Waals surface area contributed by atoms with Crippen LogP contribution >= 0.6 is 11.3 Å². The number of benzene rings is 1. The largest absolute Gasteiger partial charge is 0.497 e. The highest BCUT2D eigenvalue weighted by molar-refractivity contribution is 7.12. The summed E-state index contributed by atoms with van der Waals surface area (Å²) in [5.41, 5.74) is 1.13. The van der Waals surface area contributed by atoms with Crippen molar-refractivity contribution in [3.63, 3.8) is 0 Å². The maximum atomic E-state index is 11.8. The van der Waals surface area contributed by atoms with E-state index in [1.807, 2.05) is 41.8 Å². The predicted octanol–water partition coefficient (Wildman–Crippen LogP) is 2.71. The zero-order valence-electron chi connectivity index (χ0n) is 12.1. The molecular weight excluding hydrogens is 302 g/mol.